The highest BCUT2D eigenvalue weighted by molar-refractivity contribution is 6.15. The summed E-state index contributed by atoms with van der Waals surface area (Å²) < 4.78 is 1.97. The van der Waals surface area contributed by atoms with Gasteiger partial charge in [-0.15, -0.1) is 0 Å². The van der Waals surface area contributed by atoms with Gasteiger partial charge in [0.1, 0.15) is 0 Å². The van der Waals surface area contributed by atoms with E-state index in [1.54, 1.807) is 0 Å². The zero-order valence-electron chi connectivity index (χ0n) is 16.8. The number of allylic oxidation sites excluding steroid dienone is 2. The molecule has 1 aromatic carbocycles. The normalized spacial score (nSPS) is 17.4. The third-order valence-corrected chi connectivity index (χ3v) is 5.07. The Balaban J connectivity index is 0.000000552. The van der Waals surface area contributed by atoms with Crippen molar-refractivity contribution in [2.24, 2.45) is 4.99 Å². The fourth-order valence-electron chi connectivity index (χ4n) is 3.66. The summed E-state index contributed by atoms with van der Waals surface area (Å²) >= 11 is 0. The molecule has 0 saturated carbocycles. The smallest absolute Gasteiger partial charge is 0.300 e. The first-order valence-corrected chi connectivity index (χ1v) is 9.59. The van der Waals surface area contributed by atoms with E-state index in [0.29, 0.717) is 11.4 Å². The Bertz CT molecular complexity index is 1050. The average molecular weight is 392 g/mol. The summed E-state index contributed by atoms with van der Waals surface area (Å²) in [5.41, 5.74) is 6.22. The first-order valence-electron chi connectivity index (χ1n) is 9.59. The largest absolute Gasteiger partial charge is 0.481 e. The minimum Gasteiger partial charge on any atom is -0.481 e. The Morgan fingerprint density at radius 2 is 2.03 bits per heavy atom. The molecule has 0 bridgehead atoms. The summed E-state index contributed by atoms with van der Waals surface area (Å²) in [6, 6.07) is 7.83. The molecule has 1 atom stereocenters. The maximum atomic E-state index is 10.7. The van der Waals surface area contributed by atoms with E-state index in [0.717, 1.165) is 60.1 Å². The maximum absolute atomic E-state index is 10.7. The fraction of sp³-hybridized carbons (Fsp3) is 0.364. The predicted molar refractivity (Wildman–Crippen MR) is 109 cm³/mol. The van der Waals surface area contributed by atoms with Gasteiger partial charge in [0, 0.05) is 18.2 Å². The number of aromatic nitrogens is 2. The Labute approximate surface area is 169 Å². The third-order valence-electron chi connectivity index (χ3n) is 5.07. The first kappa shape index (κ1) is 20.5. The van der Waals surface area contributed by atoms with E-state index in [2.05, 4.69) is 22.1 Å². The van der Waals surface area contributed by atoms with Crippen molar-refractivity contribution in [3.63, 3.8) is 0 Å². The van der Waals surface area contributed by atoms with Gasteiger partial charge in [0.25, 0.3) is 5.97 Å². The molecule has 7 heteroatoms. The lowest BCUT2D eigenvalue weighted by Gasteiger charge is -2.17. The van der Waals surface area contributed by atoms with E-state index < -0.39 is 12.2 Å². The van der Waals surface area contributed by atoms with Crippen molar-refractivity contribution < 1.29 is 15.0 Å². The molecule has 2 heterocycles. The molecule has 0 amide bonds. The lowest BCUT2D eigenvalue weighted by molar-refractivity contribution is -0.134. The number of carbonyl (C=O) groups is 1. The zero-order valence-corrected chi connectivity index (χ0v) is 16.8. The van der Waals surface area contributed by atoms with Crippen molar-refractivity contribution in [1.29, 1.82) is 5.26 Å². The van der Waals surface area contributed by atoms with E-state index in [9.17, 15) is 10.4 Å². The van der Waals surface area contributed by atoms with Crippen LogP contribution in [0.5, 0.6) is 0 Å². The summed E-state index contributed by atoms with van der Waals surface area (Å²) in [6.45, 7) is 5.01. The number of fused-ring (bicyclic) bond motifs is 3. The molecule has 150 valence electrons. The lowest BCUT2D eigenvalue weighted by atomic mass is 9.91. The topological polar surface area (TPSA) is 112 Å². The molecule has 1 unspecified atom stereocenters. The van der Waals surface area contributed by atoms with Gasteiger partial charge in [0.15, 0.2) is 5.82 Å². The number of nitrogens with zero attached hydrogens (tertiary/aromatic N) is 4. The van der Waals surface area contributed by atoms with E-state index in [1.165, 1.54) is 6.42 Å². The number of benzene rings is 1. The number of aliphatic hydroxyl groups is 1. The highest BCUT2D eigenvalue weighted by Crippen LogP contribution is 2.34. The quantitative estimate of drug-likeness (QED) is 0.768. The van der Waals surface area contributed by atoms with Crippen LogP contribution in [0.4, 0.5) is 0 Å². The van der Waals surface area contributed by atoms with Crippen molar-refractivity contribution in [3.8, 4) is 11.8 Å². The van der Waals surface area contributed by atoms with Gasteiger partial charge < -0.3 is 10.2 Å². The Morgan fingerprint density at radius 1 is 1.31 bits per heavy atom. The number of aliphatic imine (C=N–C) groups is 1. The Hall–Kier alpha value is -3.24. The number of aliphatic hydroxyl groups excluding tert-OH is 1. The fourth-order valence-corrected chi connectivity index (χ4v) is 3.66. The molecule has 2 aromatic rings. The van der Waals surface area contributed by atoms with Crippen molar-refractivity contribution in [3.05, 3.63) is 58.2 Å². The van der Waals surface area contributed by atoms with Crippen molar-refractivity contribution in [2.75, 3.05) is 0 Å². The number of aliphatic carboxylic acids is 1. The Kier molecular flexibility index (Phi) is 5.95. The average Bonchev–Trinajstić information content (AvgIpc) is 2.93. The van der Waals surface area contributed by atoms with E-state index in [-0.39, 0.29) is 0 Å². The number of imidazole rings is 1. The van der Waals surface area contributed by atoms with Crippen LogP contribution in [0.3, 0.4) is 0 Å². The molecule has 0 saturated heterocycles. The number of nitriles is 1. The number of hydrogen-bond acceptors (Lipinski definition) is 5. The highest BCUT2D eigenvalue weighted by atomic mass is 16.4. The molecule has 1 aliphatic heterocycles. The minimum absolute atomic E-state index is 0.535. The van der Waals surface area contributed by atoms with E-state index in [1.807, 2.05) is 36.6 Å². The van der Waals surface area contributed by atoms with Crippen LogP contribution in [-0.2, 0) is 4.79 Å². The van der Waals surface area contributed by atoms with Gasteiger partial charge in [-0.1, -0.05) is 6.08 Å². The molecular weight excluding hydrogens is 368 g/mol. The van der Waals surface area contributed by atoms with Crippen LogP contribution in [0.15, 0.2) is 34.8 Å². The molecule has 29 heavy (non-hydrogen) atoms. The second kappa shape index (κ2) is 8.41. The van der Waals surface area contributed by atoms with Crippen LogP contribution in [0.1, 0.15) is 67.2 Å². The molecule has 0 spiro atoms. The summed E-state index contributed by atoms with van der Waals surface area (Å²) in [7, 11) is 0. The monoisotopic (exact) mass is 392 g/mol. The van der Waals surface area contributed by atoms with Gasteiger partial charge in [-0.25, -0.2) is 9.98 Å². The number of carboxylic acids is 1. The van der Waals surface area contributed by atoms with Crippen molar-refractivity contribution in [2.45, 2.75) is 52.7 Å². The van der Waals surface area contributed by atoms with Crippen LogP contribution in [0.25, 0.3) is 5.69 Å². The molecule has 7 nitrogen and oxygen atoms in total. The maximum Gasteiger partial charge on any atom is 0.300 e. The zero-order chi connectivity index (χ0) is 21.1. The summed E-state index contributed by atoms with van der Waals surface area (Å²) in [4.78, 5) is 18.2. The van der Waals surface area contributed by atoms with Crippen LogP contribution in [0, 0.1) is 25.2 Å². The number of rotatable bonds is 1. The number of carboxylic acid groups (broad SMARTS) is 1. The lowest BCUT2D eigenvalue weighted by Crippen LogP contribution is -2.11. The molecule has 1 aliphatic carbocycles. The summed E-state index contributed by atoms with van der Waals surface area (Å²) in [5.74, 6) is -0.299. The van der Waals surface area contributed by atoms with Crippen LogP contribution in [0.2, 0.25) is 0 Å². The number of hydrogen-bond donors (Lipinski definition) is 2. The van der Waals surface area contributed by atoms with Crippen molar-refractivity contribution in [1.82, 2.24) is 9.55 Å². The summed E-state index contributed by atoms with van der Waals surface area (Å²) in [5, 5.41) is 27.5. The SMILES string of the molecule is CC(=O)O.Cc1nc2n(c1C)-c1ccc(C#N)cc1C(C1=CCCCC1)=NC2O. The van der Waals surface area contributed by atoms with Crippen molar-refractivity contribution >= 4 is 11.7 Å². The minimum atomic E-state index is -1.01. The van der Waals surface area contributed by atoms with Gasteiger partial charge in [0.2, 0.25) is 6.23 Å². The summed E-state index contributed by atoms with van der Waals surface area (Å²) in [6.07, 6.45) is 5.48. The van der Waals surface area contributed by atoms with Crippen LogP contribution < -0.4 is 0 Å². The molecule has 0 fully saturated rings. The standard InChI is InChI=1S/C20H20N4O.C2H4O2/c1-12-13(2)24-17-9-8-14(11-21)10-16(17)18(15-6-4-3-5-7-15)23-20(25)19(24)22-12;1-2(3)4/h6,8-10,20,25H,3-5,7H2,1-2H3;1H3,(H,3,4). The van der Waals surface area contributed by atoms with Gasteiger partial charge in [-0.3, -0.25) is 9.36 Å². The number of aryl methyl sites for hydroxylation is 1. The highest BCUT2D eigenvalue weighted by Gasteiger charge is 2.28. The second-order valence-electron chi connectivity index (χ2n) is 7.17. The van der Waals surface area contributed by atoms with Gasteiger partial charge in [-0.2, -0.15) is 5.26 Å². The second-order valence-corrected chi connectivity index (χ2v) is 7.17. The molecule has 2 N–H and O–H groups in total. The van der Waals surface area contributed by atoms with Crippen LogP contribution >= 0.6 is 0 Å². The Morgan fingerprint density at radius 3 is 2.66 bits per heavy atom. The van der Waals surface area contributed by atoms with Gasteiger partial charge in [-0.05, 0) is 63.3 Å². The molecular formula is C22H24N4O3. The molecule has 4 rings (SSSR count). The predicted octanol–water partition coefficient (Wildman–Crippen LogP) is 3.75. The third kappa shape index (κ3) is 4.13. The van der Waals surface area contributed by atoms with E-state index >= 15 is 0 Å². The van der Waals surface area contributed by atoms with Crippen LogP contribution in [-0.4, -0.2) is 31.4 Å². The van der Waals surface area contributed by atoms with E-state index in [4.69, 9.17) is 9.90 Å². The molecule has 2 aliphatic rings. The molecule has 1 aromatic heterocycles. The van der Waals surface area contributed by atoms with Gasteiger partial charge >= 0.3 is 0 Å². The van der Waals surface area contributed by atoms with Gasteiger partial charge in [0.05, 0.1) is 28.7 Å². The first-order chi connectivity index (χ1) is 13.8. The molecule has 0 radical (unpaired) electrons.